The molecule has 2 aromatic carbocycles. The molecule has 4 aromatic rings. The molecule has 1 aliphatic rings. The Morgan fingerprint density at radius 3 is 2.66 bits per heavy atom. The summed E-state index contributed by atoms with van der Waals surface area (Å²) >= 11 is 1.58. The molecule has 5 rings (SSSR count). The SMILES string of the molecule is CSc1nnc(-n2nc(C)cc2C)c2c1C=NNC2c1cccc2ccccc12. The normalized spacial score (nSPS) is 15.3. The van der Waals surface area contributed by atoms with Crippen LogP contribution in [0.4, 0.5) is 0 Å². The van der Waals surface area contributed by atoms with Gasteiger partial charge in [0.15, 0.2) is 5.82 Å². The van der Waals surface area contributed by atoms with Gasteiger partial charge in [0.05, 0.1) is 18.0 Å². The number of fused-ring (bicyclic) bond motifs is 2. The first-order valence-electron chi connectivity index (χ1n) is 9.42. The molecule has 144 valence electrons. The van der Waals surface area contributed by atoms with Gasteiger partial charge in [-0.2, -0.15) is 10.2 Å². The van der Waals surface area contributed by atoms with E-state index < -0.39 is 0 Å². The molecular weight excluding hydrogens is 380 g/mol. The maximum Gasteiger partial charge on any atom is 0.182 e. The van der Waals surface area contributed by atoms with E-state index in [4.69, 9.17) is 0 Å². The number of rotatable bonds is 3. The van der Waals surface area contributed by atoms with Crippen LogP contribution < -0.4 is 5.43 Å². The lowest BCUT2D eigenvalue weighted by atomic mass is 9.91. The van der Waals surface area contributed by atoms with Gasteiger partial charge in [-0.1, -0.05) is 42.5 Å². The van der Waals surface area contributed by atoms with Crippen LogP contribution in [-0.2, 0) is 0 Å². The van der Waals surface area contributed by atoms with Crippen molar-refractivity contribution in [1.29, 1.82) is 0 Å². The van der Waals surface area contributed by atoms with E-state index in [0.29, 0.717) is 0 Å². The summed E-state index contributed by atoms with van der Waals surface area (Å²) in [6.07, 6.45) is 3.85. The molecule has 7 heteroatoms. The fraction of sp³-hybridized carbons (Fsp3) is 0.182. The summed E-state index contributed by atoms with van der Waals surface area (Å²) in [6.45, 7) is 4.02. The highest BCUT2D eigenvalue weighted by molar-refractivity contribution is 7.98. The molecule has 0 saturated carbocycles. The third kappa shape index (κ3) is 2.89. The Bertz CT molecular complexity index is 1250. The number of aryl methyl sites for hydroxylation is 2. The number of nitrogens with zero attached hydrogens (tertiary/aromatic N) is 5. The number of benzene rings is 2. The summed E-state index contributed by atoms with van der Waals surface area (Å²) in [5.74, 6) is 0.736. The van der Waals surface area contributed by atoms with E-state index >= 15 is 0 Å². The fourth-order valence-corrected chi connectivity index (χ4v) is 4.47. The first-order valence-corrected chi connectivity index (χ1v) is 10.6. The Kier molecular flexibility index (Phi) is 4.32. The Morgan fingerprint density at radius 2 is 1.86 bits per heavy atom. The van der Waals surface area contributed by atoms with Crippen LogP contribution in [0.3, 0.4) is 0 Å². The van der Waals surface area contributed by atoms with Gasteiger partial charge in [0.25, 0.3) is 0 Å². The third-order valence-corrected chi connectivity index (χ3v) is 5.91. The standard InChI is InChI=1S/C22H20N6S/c1-13-11-14(2)28(27-13)21-19-18(22(29-3)26-25-21)12-23-24-20(19)17-10-6-8-15-7-4-5-9-16(15)17/h4-12,20,24H,1-3H3. The summed E-state index contributed by atoms with van der Waals surface area (Å²) in [6, 6.07) is 16.7. The van der Waals surface area contributed by atoms with Crippen LogP contribution in [-0.4, -0.2) is 32.4 Å². The Balaban J connectivity index is 1.81. The highest BCUT2D eigenvalue weighted by Gasteiger charge is 2.29. The number of aromatic nitrogens is 4. The van der Waals surface area contributed by atoms with Gasteiger partial charge in [-0.05, 0) is 42.5 Å². The fourth-order valence-electron chi connectivity index (χ4n) is 3.96. The van der Waals surface area contributed by atoms with Crippen LogP contribution in [0.5, 0.6) is 0 Å². The van der Waals surface area contributed by atoms with E-state index in [9.17, 15) is 0 Å². The predicted octanol–water partition coefficient (Wildman–Crippen LogP) is 4.18. The van der Waals surface area contributed by atoms with Crippen LogP contribution in [0.2, 0.25) is 0 Å². The minimum Gasteiger partial charge on any atom is -0.298 e. The quantitative estimate of drug-likeness (QED) is 0.523. The summed E-state index contributed by atoms with van der Waals surface area (Å²) in [5.41, 5.74) is 8.49. The maximum atomic E-state index is 4.67. The van der Waals surface area contributed by atoms with E-state index in [1.54, 1.807) is 11.8 Å². The van der Waals surface area contributed by atoms with Gasteiger partial charge in [0, 0.05) is 16.8 Å². The first kappa shape index (κ1) is 17.9. The second-order valence-electron chi connectivity index (χ2n) is 7.09. The summed E-state index contributed by atoms with van der Waals surface area (Å²) in [4.78, 5) is 0. The topological polar surface area (TPSA) is 68.0 Å². The number of thioether (sulfide) groups is 1. The number of hydrogen-bond donors (Lipinski definition) is 1. The van der Waals surface area contributed by atoms with E-state index in [0.717, 1.165) is 38.9 Å². The number of hydrazone groups is 1. The first-order chi connectivity index (χ1) is 14.2. The maximum absolute atomic E-state index is 4.67. The monoisotopic (exact) mass is 400 g/mol. The Labute approximate surface area is 173 Å². The molecule has 0 amide bonds. The zero-order chi connectivity index (χ0) is 20.0. The van der Waals surface area contributed by atoms with Gasteiger partial charge in [0.1, 0.15) is 5.03 Å². The average molecular weight is 401 g/mol. The second-order valence-corrected chi connectivity index (χ2v) is 7.88. The summed E-state index contributed by atoms with van der Waals surface area (Å²) in [5, 5.41) is 21.4. The number of hydrogen-bond acceptors (Lipinski definition) is 6. The lowest BCUT2D eigenvalue weighted by Gasteiger charge is -2.26. The van der Waals surface area contributed by atoms with Crippen molar-refractivity contribution in [3.05, 3.63) is 76.6 Å². The van der Waals surface area contributed by atoms with Gasteiger partial charge in [-0.3, -0.25) is 5.43 Å². The minimum absolute atomic E-state index is 0.151. The van der Waals surface area contributed by atoms with E-state index in [1.807, 2.05) is 37.1 Å². The Morgan fingerprint density at radius 1 is 1.03 bits per heavy atom. The van der Waals surface area contributed by atoms with Gasteiger partial charge < -0.3 is 0 Å². The Hall–Kier alpha value is -3.19. The van der Waals surface area contributed by atoms with Crippen molar-refractivity contribution in [3.63, 3.8) is 0 Å². The highest BCUT2D eigenvalue weighted by atomic mass is 32.2. The van der Waals surface area contributed by atoms with Crippen LogP contribution in [0, 0.1) is 13.8 Å². The van der Waals surface area contributed by atoms with Crippen molar-refractivity contribution in [1.82, 2.24) is 25.4 Å². The van der Waals surface area contributed by atoms with E-state index in [-0.39, 0.29) is 6.04 Å². The minimum atomic E-state index is -0.151. The van der Waals surface area contributed by atoms with Crippen LogP contribution >= 0.6 is 11.8 Å². The lowest BCUT2D eigenvalue weighted by molar-refractivity contribution is 0.610. The van der Waals surface area contributed by atoms with Crippen molar-refractivity contribution < 1.29 is 0 Å². The largest absolute Gasteiger partial charge is 0.298 e. The molecule has 1 atom stereocenters. The van der Waals surface area contributed by atoms with E-state index in [2.05, 4.69) is 68.3 Å². The molecule has 1 N–H and O–H groups in total. The predicted molar refractivity (Wildman–Crippen MR) is 117 cm³/mol. The molecule has 3 heterocycles. The van der Waals surface area contributed by atoms with Crippen LogP contribution in [0.15, 0.2) is 58.7 Å². The van der Waals surface area contributed by atoms with Crippen molar-refractivity contribution in [2.45, 2.75) is 24.9 Å². The van der Waals surface area contributed by atoms with Crippen molar-refractivity contribution >= 4 is 28.7 Å². The van der Waals surface area contributed by atoms with Crippen molar-refractivity contribution in [3.8, 4) is 5.82 Å². The third-order valence-electron chi connectivity index (χ3n) is 5.22. The molecule has 1 aliphatic heterocycles. The molecule has 0 aliphatic carbocycles. The molecule has 0 bridgehead atoms. The summed E-state index contributed by atoms with van der Waals surface area (Å²) < 4.78 is 1.88. The molecule has 0 radical (unpaired) electrons. The molecule has 1 unspecified atom stereocenters. The summed E-state index contributed by atoms with van der Waals surface area (Å²) in [7, 11) is 0. The van der Waals surface area contributed by atoms with Crippen molar-refractivity contribution in [2.75, 3.05) is 6.26 Å². The molecule has 0 saturated heterocycles. The average Bonchev–Trinajstić information content (AvgIpc) is 3.09. The zero-order valence-electron chi connectivity index (χ0n) is 16.4. The second kappa shape index (κ2) is 7.00. The molecule has 6 nitrogen and oxygen atoms in total. The van der Waals surface area contributed by atoms with Crippen molar-refractivity contribution in [2.24, 2.45) is 5.10 Å². The molecule has 0 spiro atoms. The molecular formula is C22H20N6S. The number of nitrogens with one attached hydrogen (secondary N) is 1. The lowest BCUT2D eigenvalue weighted by Crippen LogP contribution is -2.27. The highest BCUT2D eigenvalue weighted by Crippen LogP contribution is 2.37. The van der Waals surface area contributed by atoms with Gasteiger partial charge in [-0.15, -0.1) is 22.0 Å². The zero-order valence-corrected chi connectivity index (χ0v) is 17.2. The molecule has 0 fully saturated rings. The van der Waals surface area contributed by atoms with Crippen LogP contribution in [0.1, 0.15) is 34.1 Å². The molecule has 2 aromatic heterocycles. The van der Waals surface area contributed by atoms with E-state index in [1.165, 1.54) is 10.8 Å². The van der Waals surface area contributed by atoms with Crippen LogP contribution in [0.25, 0.3) is 16.6 Å². The van der Waals surface area contributed by atoms with Gasteiger partial charge in [-0.25, -0.2) is 4.68 Å². The molecule has 29 heavy (non-hydrogen) atoms. The van der Waals surface area contributed by atoms with Gasteiger partial charge >= 0.3 is 0 Å². The van der Waals surface area contributed by atoms with Gasteiger partial charge in [0.2, 0.25) is 0 Å². The smallest absolute Gasteiger partial charge is 0.182 e.